The molecule has 2 heterocycles. The summed E-state index contributed by atoms with van der Waals surface area (Å²) < 4.78 is 17.3. The molecule has 4 amide bonds. The molecule has 1 aliphatic rings. The Morgan fingerprint density at radius 1 is 0.929 bits per heavy atom. The van der Waals surface area contributed by atoms with Crippen LogP contribution in [0.2, 0.25) is 5.02 Å². The van der Waals surface area contributed by atoms with Crippen LogP contribution in [-0.4, -0.2) is 59.8 Å². The van der Waals surface area contributed by atoms with Gasteiger partial charge >= 0.3 is 12.1 Å². The molecule has 1 fully saturated rings. The Labute approximate surface area is 249 Å². The van der Waals surface area contributed by atoms with Crippen LogP contribution in [0.3, 0.4) is 0 Å². The van der Waals surface area contributed by atoms with E-state index < -0.39 is 11.6 Å². The Morgan fingerprint density at radius 3 is 2.24 bits per heavy atom. The molecular weight excluding hydrogens is 562 g/mol. The Kier molecular flexibility index (Phi) is 9.74. The van der Waals surface area contributed by atoms with E-state index in [4.69, 9.17) is 25.8 Å². The number of halogens is 1. The van der Waals surface area contributed by atoms with Crippen molar-refractivity contribution in [2.24, 2.45) is 0 Å². The second-order valence-electron chi connectivity index (χ2n) is 10.6. The number of hydrogen-bond donors (Lipinski definition) is 3. The van der Waals surface area contributed by atoms with Gasteiger partial charge in [-0.25, -0.2) is 9.59 Å². The van der Waals surface area contributed by atoms with Crippen molar-refractivity contribution in [3.05, 3.63) is 71.5 Å². The predicted molar refractivity (Wildman–Crippen MR) is 160 cm³/mol. The molecule has 4 rings (SSSR count). The Hall–Kier alpha value is -4.51. The highest BCUT2D eigenvalue weighted by atomic mass is 35.5. The number of benzene rings is 2. The van der Waals surface area contributed by atoms with Crippen LogP contribution in [0.15, 0.2) is 60.8 Å². The van der Waals surface area contributed by atoms with Gasteiger partial charge in [0.2, 0.25) is 0 Å². The molecule has 11 nitrogen and oxygen atoms in total. The third-order valence-corrected chi connectivity index (χ3v) is 6.41. The molecule has 3 aromatic rings. The second-order valence-corrected chi connectivity index (χ2v) is 11.0. The number of carbonyl (C=O) groups is 3. The summed E-state index contributed by atoms with van der Waals surface area (Å²) in [7, 11) is 1.53. The van der Waals surface area contributed by atoms with E-state index in [1.807, 2.05) is 20.8 Å². The molecule has 0 bridgehead atoms. The van der Waals surface area contributed by atoms with Gasteiger partial charge in [0.15, 0.2) is 0 Å². The maximum absolute atomic E-state index is 12.6. The standard InChI is InChI=1S/C30H34ClN5O6/c1-30(2,3)42-29(39)36-15-12-22(13-16-36)41-26-10-7-20(17-24(26)31)35-28(38)34-19-5-8-21(9-6-19)40-23-11-14-33-25(18-23)27(37)32-4/h5-11,14,17-18,22H,12-13,15-16H2,1-4H3,(H,32,37)(H2,34,35,38). The zero-order valence-electron chi connectivity index (χ0n) is 23.9. The molecule has 2 aromatic carbocycles. The number of rotatable bonds is 7. The highest BCUT2D eigenvalue weighted by molar-refractivity contribution is 6.32. The maximum atomic E-state index is 12.6. The highest BCUT2D eigenvalue weighted by Crippen LogP contribution is 2.31. The first-order valence-electron chi connectivity index (χ1n) is 13.5. The van der Waals surface area contributed by atoms with Crippen LogP contribution in [0.5, 0.6) is 17.2 Å². The van der Waals surface area contributed by atoms with E-state index in [1.165, 1.54) is 19.3 Å². The van der Waals surface area contributed by atoms with Gasteiger partial charge in [0.1, 0.15) is 34.6 Å². The number of likely N-dealkylation sites (tertiary alicyclic amines) is 1. The lowest BCUT2D eigenvalue weighted by molar-refractivity contribution is 0.0126. The predicted octanol–water partition coefficient (Wildman–Crippen LogP) is 6.31. The quantitative estimate of drug-likeness (QED) is 0.292. The van der Waals surface area contributed by atoms with Crippen molar-refractivity contribution in [3.8, 4) is 17.2 Å². The number of aromatic nitrogens is 1. The number of hydrogen-bond acceptors (Lipinski definition) is 7. The summed E-state index contributed by atoms with van der Waals surface area (Å²) in [6.45, 7) is 6.60. The van der Waals surface area contributed by atoms with E-state index in [9.17, 15) is 14.4 Å². The minimum atomic E-state index is -0.535. The van der Waals surface area contributed by atoms with Crippen molar-refractivity contribution in [2.45, 2.75) is 45.3 Å². The van der Waals surface area contributed by atoms with Gasteiger partial charge in [0.05, 0.1) is 5.02 Å². The highest BCUT2D eigenvalue weighted by Gasteiger charge is 2.28. The van der Waals surface area contributed by atoms with Gasteiger partial charge in [0.25, 0.3) is 5.91 Å². The van der Waals surface area contributed by atoms with Crippen molar-refractivity contribution in [3.63, 3.8) is 0 Å². The first-order valence-corrected chi connectivity index (χ1v) is 13.8. The van der Waals surface area contributed by atoms with E-state index in [-0.39, 0.29) is 23.8 Å². The monoisotopic (exact) mass is 595 g/mol. The summed E-state index contributed by atoms with van der Waals surface area (Å²) in [5, 5.41) is 8.38. The summed E-state index contributed by atoms with van der Waals surface area (Å²) in [5.74, 6) is 1.17. The lowest BCUT2D eigenvalue weighted by atomic mass is 10.1. The molecule has 222 valence electrons. The van der Waals surface area contributed by atoms with Crippen LogP contribution in [0.1, 0.15) is 44.1 Å². The summed E-state index contributed by atoms with van der Waals surface area (Å²) in [4.78, 5) is 42.3. The lowest BCUT2D eigenvalue weighted by Crippen LogP contribution is -2.44. The number of urea groups is 1. The molecule has 0 radical (unpaired) electrons. The van der Waals surface area contributed by atoms with Gasteiger partial charge in [-0.2, -0.15) is 0 Å². The SMILES string of the molecule is CNC(=O)c1cc(Oc2ccc(NC(=O)Nc3ccc(OC4CCN(C(=O)OC(C)(C)C)CC4)c(Cl)c3)cc2)ccn1. The zero-order chi connectivity index (χ0) is 30.3. The van der Waals surface area contributed by atoms with E-state index in [0.717, 1.165) is 0 Å². The van der Waals surface area contributed by atoms with Gasteiger partial charge < -0.3 is 35.1 Å². The number of piperidine rings is 1. The number of nitrogens with zero attached hydrogens (tertiary/aromatic N) is 2. The summed E-state index contributed by atoms with van der Waals surface area (Å²) in [5.41, 5.74) is 0.746. The minimum absolute atomic E-state index is 0.0910. The molecule has 0 unspecified atom stereocenters. The van der Waals surface area contributed by atoms with Crippen molar-refractivity contribution in [2.75, 3.05) is 30.8 Å². The number of carbonyl (C=O) groups excluding carboxylic acids is 3. The smallest absolute Gasteiger partial charge is 0.410 e. The Morgan fingerprint density at radius 2 is 1.60 bits per heavy atom. The van der Waals surface area contributed by atoms with Crippen LogP contribution in [0.4, 0.5) is 21.0 Å². The average Bonchev–Trinajstić information content (AvgIpc) is 2.94. The summed E-state index contributed by atoms with van der Waals surface area (Å²) in [6.07, 6.45) is 2.39. The number of ether oxygens (including phenoxy) is 3. The fourth-order valence-corrected chi connectivity index (χ4v) is 4.32. The molecule has 3 N–H and O–H groups in total. The molecule has 12 heteroatoms. The third-order valence-electron chi connectivity index (χ3n) is 6.12. The van der Waals surface area contributed by atoms with E-state index in [1.54, 1.807) is 53.4 Å². The van der Waals surface area contributed by atoms with Gasteiger partial charge in [-0.3, -0.25) is 9.78 Å². The van der Waals surface area contributed by atoms with E-state index in [2.05, 4.69) is 20.9 Å². The van der Waals surface area contributed by atoms with E-state index in [0.29, 0.717) is 59.6 Å². The lowest BCUT2D eigenvalue weighted by Gasteiger charge is -2.33. The first kappa shape index (κ1) is 30.4. The average molecular weight is 596 g/mol. The molecule has 1 saturated heterocycles. The molecule has 1 aliphatic heterocycles. The van der Waals surface area contributed by atoms with Crippen molar-refractivity contribution in [1.82, 2.24) is 15.2 Å². The van der Waals surface area contributed by atoms with Crippen LogP contribution < -0.4 is 25.4 Å². The topological polar surface area (TPSA) is 131 Å². The fourth-order valence-electron chi connectivity index (χ4n) is 4.10. The molecule has 0 saturated carbocycles. The van der Waals surface area contributed by atoms with Crippen molar-refractivity contribution in [1.29, 1.82) is 0 Å². The Balaban J connectivity index is 1.25. The number of anilines is 2. The molecule has 0 atom stereocenters. The third kappa shape index (κ3) is 8.74. The van der Waals surface area contributed by atoms with Gasteiger partial charge in [-0.05, 0) is 69.3 Å². The molecule has 0 spiro atoms. The number of pyridine rings is 1. The summed E-state index contributed by atoms with van der Waals surface area (Å²) in [6, 6.07) is 14.5. The van der Waals surface area contributed by atoms with Crippen LogP contribution in [0, 0.1) is 0 Å². The maximum Gasteiger partial charge on any atom is 0.410 e. The van der Waals surface area contributed by atoms with Gasteiger partial charge in [0, 0.05) is 56.6 Å². The minimum Gasteiger partial charge on any atom is -0.489 e. The van der Waals surface area contributed by atoms with Crippen LogP contribution in [0.25, 0.3) is 0 Å². The largest absolute Gasteiger partial charge is 0.489 e. The first-order chi connectivity index (χ1) is 20.0. The van der Waals surface area contributed by atoms with Crippen molar-refractivity contribution < 1.29 is 28.6 Å². The molecular formula is C30H34ClN5O6. The van der Waals surface area contributed by atoms with Crippen LogP contribution in [-0.2, 0) is 4.74 Å². The fraction of sp³-hybridized carbons (Fsp3) is 0.333. The molecule has 1 aromatic heterocycles. The Bertz CT molecular complexity index is 1420. The molecule has 42 heavy (non-hydrogen) atoms. The van der Waals surface area contributed by atoms with Gasteiger partial charge in [-0.15, -0.1) is 0 Å². The van der Waals surface area contributed by atoms with Crippen molar-refractivity contribution >= 4 is 41.0 Å². The number of amides is 4. The summed E-state index contributed by atoms with van der Waals surface area (Å²) >= 11 is 6.44. The normalized spacial score (nSPS) is 13.6. The molecule has 0 aliphatic carbocycles. The van der Waals surface area contributed by atoms with E-state index >= 15 is 0 Å². The van der Waals surface area contributed by atoms with Crippen LogP contribution >= 0.6 is 11.6 Å². The number of nitrogens with one attached hydrogen (secondary N) is 3. The zero-order valence-corrected chi connectivity index (χ0v) is 24.7. The van der Waals surface area contributed by atoms with Gasteiger partial charge in [-0.1, -0.05) is 11.6 Å². The second kappa shape index (κ2) is 13.4.